The molecule has 0 saturated heterocycles. The van der Waals surface area contributed by atoms with Crippen LogP contribution in [-0.4, -0.2) is 21.0 Å². The number of carboxylic acid groups (broad SMARTS) is 1. The SMILES string of the molecule is Cc1cc(C)cc(-n2cc(NC(=O)O)c(N)n2)c1. The molecule has 0 aliphatic rings. The Balaban J connectivity index is 2.42. The minimum atomic E-state index is -1.17. The molecule has 0 radical (unpaired) electrons. The average Bonchev–Trinajstić information content (AvgIpc) is 2.58. The highest BCUT2D eigenvalue weighted by atomic mass is 16.4. The van der Waals surface area contributed by atoms with Gasteiger partial charge in [0.1, 0.15) is 5.69 Å². The molecule has 4 N–H and O–H groups in total. The Morgan fingerprint density at radius 1 is 1.33 bits per heavy atom. The van der Waals surface area contributed by atoms with Gasteiger partial charge in [-0.25, -0.2) is 9.48 Å². The average molecular weight is 246 g/mol. The zero-order valence-electron chi connectivity index (χ0n) is 10.1. The predicted octanol–water partition coefficient (Wildman–Crippen LogP) is 2.16. The summed E-state index contributed by atoms with van der Waals surface area (Å²) in [5.74, 6) is 0.150. The Kier molecular flexibility index (Phi) is 2.93. The lowest BCUT2D eigenvalue weighted by atomic mass is 10.1. The standard InChI is InChI=1S/C12H14N4O2/c1-7-3-8(2)5-9(4-7)16-6-10(11(13)15-16)14-12(17)18/h3-6,14H,1-2H3,(H2,13,15)(H,17,18). The number of hydrogen-bond acceptors (Lipinski definition) is 3. The molecule has 6 nitrogen and oxygen atoms in total. The number of hydrogen-bond donors (Lipinski definition) is 3. The fourth-order valence-corrected chi connectivity index (χ4v) is 1.81. The van der Waals surface area contributed by atoms with Crippen molar-refractivity contribution in [3.05, 3.63) is 35.5 Å². The lowest BCUT2D eigenvalue weighted by Crippen LogP contribution is -2.07. The van der Waals surface area contributed by atoms with Crippen LogP contribution in [0.1, 0.15) is 11.1 Å². The molecule has 1 amide bonds. The molecule has 0 aliphatic heterocycles. The van der Waals surface area contributed by atoms with E-state index in [0.29, 0.717) is 0 Å². The lowest BCUT2D eigenvalue weighted by Gasteiger charge is -2.04. The summed E-state index contributed by atoms with van der Waals surface area (Å²) >= 11 is 0. The number of aryl methyl sites for hydroxylation is 2. The van der Waals surface area contributed by atoms with Crippen molar-refractivity contribution in [1.82, 2.24) is 9.78 Å². The summed E-state index contributed by atoms with van der Waals surface area (Å²) in [5, 5.41) is 14.9. The van der Waals surface area contributed by atoms with Crippen LogP contribution in [0.3, 0.4) is 0 Å². The molecule has 2 rings (SSSR count). The van der Waals surface area contributed by atoms with Crippen LogP contribution in [0.2, 0.25) is 0 Å². The molecular formula is C12H14N4O2. The van der Waals surface area contributed by atoms with E-state index in [1.807, 2.05) is 32.0 Å². The van der Waals surface area contributed by atoms with Crippen molar-refractivity contribution in [1.29, 1.82) is 0 Å². The minimum absolute atomic E-state index is 0.150. The van der Waals surface area contributed by atoms with Crippen molar-refractivity contribution in [2.75, 3.05) is 11.1 Å². The molecule has 0 aliphatic carbocycles. The van der Waals surface area contributed by atoms with E-state index < -0.39 is 6.09 Å². The maximum Gasteiger partial charge on any atom is 0.409 e. The van der Waals surface area contributed by atoms with Crippen LogP contribution >= 0.6 is 0 Å². The third-order valence-electron chi connectivity index (χ3n) is 2.46. The van der Waals surface area contributed by atoms with E-state index in [1.54, 1.807) is 10.9 Å². The summed E-state index contributed by atoms with van der Waals surface area (Å²) in [7, 11) is 0. The van der Waals surface area contributed by atoms with E-state index in [1.165, 1.54) is 0 Å². The highest BCUT2D eigenvalue weighted by molar-refractivity contribution is 5.86. The Hall–Kier alpha value is -2.50. The Morgan fingerprint density at radius 2 is 1.94 bits per heavy atom. The van der Waals surface area contributed by atoms with Gasteiger partial charge in [0.25, 0.3) is 0 Å². The molecule has 6 heteroatoms. The smallest absolute Gasteiger partial charge is 0.409 e. The number of carbonyl (C=O) groups is 1. The van der Waals surface area contributed by atoms with Crippen molar-refractivity contribution >= 4 is 17.6 Å². The van der Waals surface area contributed by atoms with Gasteiger partial charge in [-0.05, 0) is 37.1 Å². The minimum Gasteiger partial charge on any atom is -0.465 e. The fourth-order valence-electron chi connectivity index (χ4n) is 1.81. The number of anilines is 2. The Labute approximate surface area is 104 Å². The maximum atomic E-state index is 10.6. The van der Waals surface area contributed by atoms with Crippen LogP contribution in [0.4, 0.5) is 16.3 Å². The molecule has 1 aromatic heterocycles. The number of benzene rings is 1. The van der Waals surface area contributed by atoms with Crippen molar-refractivity contribution in [3.8, 4) is 5.69 Å². The van der Waals surface area contributed by atoms with E-state index >= 15 is 0 Å². The van der Waals surface area contributed by atoms with Gasteiger partial charge in [0.15, 0.2) is 5.82 Å². The molecule has 0 atom stereocenters. The molecule has 0 spiro atoms. The summed E-state index contributed by atoms with van der Waals surface area (Å²) in [5.41, 5.74) is 8.98. The first-order valence-electron chi connectivity index (χ1n) is 5.39. The van der Waals surface area contributed by atoms with Gasteiger partial charge in [0.2, 0.25) is 0 Å². The molecular weight excluding hydrogens is 232 g/mol. The molecule has 18 heavy (non-hydrogen) atoms. The first-order valence-corrected chi connectivity index (χ1v) is 5.39. The Bertz CT molecular complexity index is 584. The van der Waals surface area contributed by atoms with Gasteiger partial charge >= 0.3 is 6.09 Å². The van der Waals surface area contributed by atoms with Gasteiger partial charge in [0.05, 0.1) is 11.9 Å². The Morgan fingerprint density at radius 3 is 2.50 bits per heavy atom. The first kappa shape index (κ1) is 12.0. The van der Waals surface area contributed by atoms with E-state index in [0.717, 1.165) is 16.8 Å². The van der Waals surface area contributed by atoms with Crippen LogP contribution in [-0.2, 0) is 0 Å². The summed E-state index contributed by atoms with van der Waals surface area (Å²) in [6.07, 6.45) is 0.388. The number of nitrogens with zero attached hydrogens (tertiary/aromatic N) is 2. The second kappa shape index (κ2) is 4.40. The van der Waals surface area contributed by atoms with Crippen molar-refractivity contribution in [2.45, 2.75) is 13.8 Å². The lowest BCUT2D eigenvalue weighted by molar-refractivity contribution is 0.210. The first-order chi connectivity index (χ1) is 8.45. The zero-order valence-corrected chi connectivity index (χ0v) is 10.1. The molecule has 0 fully saturated rings. The molecule has 1 heterocycles. The van der Waals surface area contributed by atoms with Crippen LogP contribution in [0, 0.1) is 13.8 Å². The molecule has 2 aromatic rings. The highest BCUT2D eigenvalue weighted by Crippen LogP contribution is 2.20. The number of aromatic nitrogens is 2. The van der Waals surface area contributed by atoms with Gasteiger partial charge < -0.3 is 10.8 Å². The van der Waals surface area contributed by atoms with Crippen LogP contribution in [0.5, 0.6) is 0 Å². The number of amides is 1. The maximum absolute atomic E-state index is 10.6. The monoisotopic (exact) mass is 246 g/mol. The van der Waals surface area contributed by atoms with Gasteiger partial charge in [-0.3, -0.25) is 5.32 Å². The predicted molar refractivity (Wildman–Crippen MR) is 69.1 cm³/mol. The quantitative estimate of drug-likeness (QED) is 0.757. The summed E-state index contributed by atoms with van der Waals surface area (Å²) in [4.78, 5) is 10.6. The number of nitrogens with two attached hydrogens (primary N) is 1. The van der Waals surface area contributed by atoms with Crippen LogP contribution < -0.4 is 11.1 Å². The van der Waals surface area contributed by atoms with Crippen molar-refractivity contribution in [3.63, 3.8) is 0 Å². The number of nitrogen functional groups attached to an aromatic ring is 1. The second-order valence-electron chi connectivity index (χ2n) is 4.15. The summed E-state index contributed by atoms with van der Waals surface area (Å²) < 4.78 is 1.56. The van der Waals surface area contributed by atoms with E-state index in [9.17, 15) is 4.79 Å². The molecule has 0 saturated carbocycles. The second-order valence-corrected chi connectivity index (χ2v) is 4.15. The summed E-state index contributed by atoms with van der Waals surface area (Å²) in [6, 6.07) is 5.95. The largest absolute Gasteiger partial charge is 0.465 e. The van der Waals surface area contributed by atoms with Crippen molar-refractivity contribution < 1.29 is 9.90 Å². The fraction of sp³-hybridized carbons (Fsp3) is 0.167. The van der Waals surface area contributed by atoms with Crippen LogP contribution in [0.25, 0.3) is 5.69 Å². The zero-order chi connectivity index (χ0) is 13.3. The van der Waals surface area contributed by atoms with E-state index in [2.05, 4.69) is 10.4 Å². The van der Waals surface area contributed by atoms with E-state index in [-0.39, 0.29) is 11.5 Å². The van der Waals surface area contributed by atoms with Crippen molar-refractivity contribution in [2.24, 2.45) is 0 Å². The molecule has 0 bridgehead atoms. The van der Waals surface area contributed by atoms with Gasteiger partial charge in [-0.15, -0.1) is 5.10 Å². The molecule has 0 unspecified atom stereocenters. The highest BCUT2D eigenvalue weighted by Gasteiger charge is 2.09. The third kappa shape index (κ3) is 2.42. The number of nitrogens with one attached hydrogen (secondary N) is 1. The van der Waals surface area contributed by atoms with Gasteiger partial charge in [-0.2, -0.15) is 0 Å². The third-order valence-corrected chi connectivity index (χ3v) is 2.46. The molecule has 94 valence electrons. The van der Waals surface area contributed by atoms with Crippen LogP contribution in [0.15, 0.2) is 24.4 Å². The topological polar surface area (TPSA) is 93.2 Å². The van der Waals surface area contributed by atoms with Gasteiger partial charge in [0, 0.05) is 0 Å². The van der Waals surface area contributed by atoms with Gasteiger partial charge in [-0.1, -0.05) is 6.07 Å². The normalized spacial score (nSPS) is 10.3. The summed E-state index contributed by atoms with van der Waals surface area (Å²) in [6.45, 7) is 3.97. The number of rotatable bonds is 2. The van der Waals surface area contributed by atoms with E-state index in [4.69, 9.17) is 10.8 Å². The molecule has 1 aromatic carbocycles.